The molecular formula is C14H22N2O2S. The second-order valence-corrected chi connectivity index (χ2v) is 6.94. The molecule has 1 fully saturated rings. The summed E-state index contributed by atoms with van der Waals surface area (Å²) < 4.78 is 27.2. The molecule has 0 saturated heterocycles. The molecule has 19 heavy (non-hydrogen) atoms. The third-order valence-electron chi connectivity index (χ3n) is 3.70. The van der Waals surface area contributed by atoms with Crippen molar-refractivity contribution in [3.63, 3.8) is 0 Å². The molecule has 0 heterocycles. The van der Waals surface area contributed by atoms with Gasteiger partial charge in [0.25, 0.3) is 0 Å². The Bertz CT molecular complexity index is 555. The maximum absolute atomic E-state index is 12.2. The third kappa shape index (κ3) is 3.28. The van der Waals surface area contributed by atoms with E-state index in [-0.39, 0.29) is 10.9 Å². The zero-order valence-electron chi connectivity index (χ0n) is 11.5. The first-order valence-corrected chi connectivity index (χ1v) is 8.37. The molecule has 1 aromatic rings. The molecule has 1 aliphatic rings. The summed E-state index contributed by atoms with van der Waals surface area (Å²) in [6.45, 7) is 4.12. The summed E-state index contributed by atoms with van der Waals surface area (Å²) in [5, 5.41) is 0. The summed E-state index contributed by atoms with van der Waals surface area (Å²) >= 11 is 0. The summed E-state index contributed by atoms with van der Waals surface area (Å²) in [6.07, 6.45) is 3.95. The number of nitrogen functional groups attached to an aromatic ring is 1. The Balaban J connectivity index is 2.10. The van der Waals surface area contributed by atoms with Crippen LogP contribution in [0.25, 0.3) is 0 Å². The van der Waals surface area contributed by atoms with Crippen molar-refractivity contribution < 1.29 is 8.42 Å². The van der Waals surface area contributed by atoms with Crippen molar-refractivity contribution in [2.24, 2.45) is 5.92 Å². The Morgan fingerprint density at radius 2 is 2.11 bits per heavy atom. The highest BCUT2D eigenvalue weighted by Crippen LogP contribution is 2.35. The van der Waals surface area contributed by atoms with Crippen LogP contribution >= 0.6 is 0 Å². The Morgan fingerprint density at radius 1 is 1.37 bits per heavy atom. The van der Waals surface area contributed by atoms with E-state index in [1.54, 1.807) is 18.2 Å². The Labute approximate surface area is 115 Å². The summed E-state index contributed by atoms with van der Waals surface area (Å²) in [5.74, 6) is 0.507. The highest BCUT2D eigenvalue weighted by atomic mass is 32.2. The van der Waals surface area contributed by atoms with E-state index >= 15 is 0 Å². The number of hydrogen-bond acceptors (Lipinski definition) is 3. The number of hydrogen-bond donors (Lipinski definition) is 2. The number of anilines is 1. The Kier molecular flexibility index (Phi) is 4.16. The number of rotatable bonds is 6. The van der Waals surface area contributed by atoms with E-state index in [9.17, 15) is 8.42 Å². The van der Waals surface area contributed by atoms with E-state index in [1.807, 2.05) is 6.92 Å². The Morgan fingerprint density at radius 3 is 2.68 bits per heavy atom. The van der Waals surface area contributed by atoms with Crippen LogP contribution in [0.2, 0.25) is 0 Å². The summed E-state index contributed by atoms with van der Waals surface area (Å²) in [7, 11) is -3.43. The predicted molar refractivity (Wildman–Crippen MR) is 77.4 cm³/mol. The summed E-state index contributed by atoms with van der Waals surface area (Å²) in [6, 6.07) is 5.09. The van der Waals surface area contributed by atoms with Gasteiger partial charge in [-0.05, 0) is 42.9 Å². The quantitative estimate of drug-likeness (QED) is 0.786. The molecule has 1 aliphatic carbocycles. The van der Waals surface area contributed by atoms with Crippen LogP contribution in [0.15, 0.2) is 23.1 Å². The summed E-state index contributed by atoms with van der Waals surface area (Å²) in [5.41, 5.74) is 7.39. The molecule has 0 amide bonds. The normalized spacial score (nSPS) is 22.4. The van der Waals surface area contributed by atoms with Crippen molar-refractivity contribution >= 4 is 15.7 Å². The number of benzene rings is 1. The highest BCUT2D eigenvalue weighted by molar-refractivity contribution is 7.89. The standard InChI is InChI=1S/C14H22N2O2S/c1-3-5-11-8-14(11)16-19(17,18)12-7-6-10(4-2)13(15)9-12/h6-7,9,11,14,16H,3-5,8,15H2,1-2H3. The van der Waals surface area contributed by atoms with Gasteiger partial charge in [-0.2, -0.15) is 0 Å². The molecule has 1 saturated carbocycles. The molecule has 106 valence electrons. The van der Waals surface area contributed by atoms with Crippen LogP contribution in [0.5, 0.6) is 0 Å². The van der Waals surface area contributed by atoms with Gasteiger partial charge < -0.3 is 5.73 Å². The minimum atomic E-state index is -3.43. The van der Waals surface area contributed by atoms with E-state index in [2.05, 4.69) is 11.6 Å². The van der Waals surface area contributed by atoms with Crippen LogP contribution < -0.4 is 10.5 Å². The second kappa shape index (κ2) is 5.51. The maximum Gasteiger partial charge on any atom is 0.240 e. The van der Waals surface area contributed by atoms with Gasteiger partial charge in [0.05, 0.1) is 4.90 Å². The van der Waals surface area contributed by atoms with Gasteiger partial charge in [-0.25, -0.2) is 13.1 Å². The smallest absolute Gasteiger partial charge is 0.240 e. The van der Waals surface area contributed by atoms with Crippen LogP contribution in [-0.2, 0) is 16.4 Å². The molecule has 3 N–H and O–H groups in total. The van der Waals surface area contributed by atoms with Gasteiger partial charge in [0, 0.05) is 11.7 Å². The van der Waals surface area contributed by atoms with E-state index in [4.69, 9.17) is 5.73 Å². The lowest BCUT2D eigenvalue weighted by molar-refractivity contribution is 0.573. The molecule has 4 nitrogen and oxygen atoms in total. The van der Waals surface area contributed by atoms with Gasteiger partial charge in [-0.1, -0.05) is 26.3 Å². The molecule has 2 atom stereocenters. The number of nitrogens with two attached hydrogens (primary N) is 1. The Hall–Kier alpha value is -1.07. The van der Waals surface area contributed by atoms with Crippen molar-refractivity contribution in [1.82, 2.24) is 4.72 Å². The average molecular weight is 282 g/mol. The SMILES string of the molecule is CCCC1CC1NS(=O)(=O)c1ccc(CC)c(N)c1. The first-order valence-electron chi connectivity index (χ1n) is 6.88. The number of nitrogens with one attached hydrogen (secondary N) is 1. The zero-order valence-corrected chi connectivity index (χ0v) is 12.3. The fourth-order valence-corrected chi connectivity index (χ4v) is 3.76. The molecule has 1 aromatic carbocycles. The lowest BCUT2D eigenvalue weighted by atomic mass is 10.1. The molecule has 2 rings (SSSR count). The second-order valence-electron chi connectivity index (χ2n) is 5.23. The van der Waals surface area contributed by atoms with Gasteiger partial charge in [0.15, 0.2) is 0 Å². The van der Waals surface area contributed by atoms with E-state index in [0.717, 1.165) is 31.2 Å². The zero-order chi connectivity index (χ0) is 14.0. The van der Waals surface area contributed by atoms with Crippen molar-refractivity contribution in [3.05, 3.63) is 23.8 Å². The van der Waals surface area contributed by atoms with Gasteiger partial charge in [-0.3, -0.25) is 0 Å². The first-order chi connectivity index (χ1) is 8.97. The highest BCUT2D eigenvalue weighted by Gasteiger charge is 2.39. The minimum Gasteiger partial charge on any atom is -0.398 e. The van der Waals surface area contributed by atoms with Gasteiger partial charge in [0.1, 0.15) is 0 Å². The monoisotopic (exact) mass is 282 g/mol. The molecule has 0 aromatic heterocycles. The van der Waals surface area contributed by atoms with Gasteiger partial charge in [0.2, 0.25) is 10.0 Å². The van der Waals surface area contributed by atoms with E-state index in [0.29, 0.717) is 11.6 Å². The van der Waals surface area contributed by atoms with E-state index < -0.39 is 10.0 Å². The van der Waals surface area contributed by atoms with Gasteiger partial charge >= 0.3 is 0 Å². The van der Waals surface area contributed by atoms with Crippen LogP contribution in [-0.4, -0.2) is 14.5 Å². The number of sulfonamides is 1. The van der Waals surface area contributed by atoms with Crippen LogP contribution in [0.4, 0.5) is 5.69 Å². The van der Waals surface area contributed by atoms with Crippen LogP contribution in [0.1, 0.15) is 38.7 Å². The average Bonchev–Trinajstić information content (AvgIpc) is 3.06. The summed E-state index contributed by atoms with van der Waals surface area (Å²) in [4.78, 5) is 0.268. The topological polar surface area (TPSA) is 72.2 Å². The fraction of sp³-hybridized carbons (Fsp3) is 0.571. The lowest BCUT2D eigenvalue weighted by Gasteiger charge is -2.09. The van der Waals surface area contributed by atoms with Crippen molar-refractivity contribution in [2.45, 2.75) is 50.5 Å². The molecule has 2 unspecified atom stereocenters. The minimum absolute atomic E-state index is 0.108. The molecule has 0 aliphatic heterocycles. The van der Waals surface area contributed by atoms with E-state index in [1.165, 1.54) is 0 Å². The predicted octanol–water partition coefficient (Wildman–Crippen LogP) is 2.30. The molecule has 5 heteroatoms. The van der Waals surface area contributed by atoms with Crippen molar-refractivity contribution in [1.29, 1.82) is 0 Å². The van der Waals surface area contributed by atoms with Crippen LogP contribution in [0.3, 0.4) is 0 Å². The molecule has 0 spiro atoms. The number of aryl methyl sites for hydroxylation is 1. The molecule has 0 bridgehead atoms. The lowest BCUT2D eigenvalue weighted by Crippen LogP contribution is -2.27. The van der Waals surface area contributed by atoms with Crippen molar-refractivity contribution in [2.75, 3.05) is 5.73 Å². The molecular weight excluding hydrogens is 260 g/mol. The van der Waals surface area contributed by atoms with Crippen molar-refractivity contribution in [3.8, 4) is 0 Å². The van der Waals surface area contributed by atoms with Crippen LogP contribution in [0, 0.1) is 5.92 Å². The van der Waals surface area contributed by atoms with Gasteiger partial charge in [-0.15, -0.1) is 0 Å². The third-order valence-corrected chi connectivity index (χ3v) is 5.18. The maximum atomic E-state index is 12.2. The fourth-order valence-electron chi connectivity index (χ4n) is 2.41. The molecule has 0 radical (unpaired) electrons. The largest absolute Gasteiger partial charge is 0.398 e. The first kappa shape index (κ1) is 14.3.